The molecule has 2 aromatic rings. The van der Waals surface area contributed by atoms with Crippen LogP contribution in [0.25, 0.3) is 0 Å². The van der Waals surface area contributed by atoms with Crippen molar-refractivity contribution in [2.45, 2.75) is 39.0 Å². The molecular formula is C25H26F3N5O4S. The molecule has 0 saturated carbocycles. The second-order valence-electron chi connectivity index (χ2n) is 9.33. The fraction of sp³-hybridized carbons (Fsp3) is 0.400. The van der Waals surface area contributed by atoms with E-state index in [-0.39, 0.29) is 28.3 Å². The number of anilines is 3. The van der Waals surface area contributed by atoms with Crippen LogP contribution in [0.15, 0.2) is 30.5 Å². The molecule has 0 aliphatic carbocycles. The minimum atomic E-state index is -4.76. The van der Waals surface area contributed by atoms with E-state index in [4.69, 9.17) is 10.00 Å². The van der Waals surface area contributed by atoms with Gasteiger partial charge in [0.1, 0.15) is 17.4 Å². The van der Waals surface area contributed by atoms with Crippen LogP contribution in [0.2, 0.25) is 0 Å². The summed E-state index contributed by atoms with van der Waals surface area (Å²) in [6.45, 7) is 5.62. The molecule has 0 spiro atoms. The first-order chi connectivity index (χ1) is 17.8. The minimum absolute atomic E-state index is 0.0263. The normalized spacial score (nSPS) is 13.9. The summed E-state index contributed by atoms with van der Waals surface area (Å²) in [4.78, 5) is 43.1. The highest BCUT2D eigenvalue weighted by atomic mass is 32.2. The number of carbonyl (C=O) groups excluding carboxylic acids is 3. The van der Waals surface area contributed by atoms with Crippen LogP contribution in [-0.4, -0.2) is 53.0 Å². The van der Waals surface area contributed by atoms with Crippen LogP contribution in [0.5, 0.6) is 0 Å². The van der Waals surface area contributed by atoms with Crippen LogP contribution < -0.4 is 15.5 Å². The number of aromatic nitrogens is 1. The molecule has 3 rings (SSSR count). The lowest BCUT2D eigenvalue weighted by molar-refractivity contribution is -0.137. The molecule has 13 heteroatoms. The van der Waals surface area contributed by atoms with Gasteiger partial charge in [0, 0.05) is 36.4 Å². The third-order valence-electron chi connectivity index (χ3n) is 5.22. The Hall–Kier alpha value is -3.79. The number of nitrogens with one attached hydrogen (secondary N) is 2. The number of rotatable bonds is 6. The van der Waals surface area contributed by atoms with Crippen LogP contribution in [-0.2, 0) is 15.7 Å². The highest BCUT2D eigenvalue weighted by Crippen LogP contribution is 2.42. The minimum Gasteiger partial charge on any atom is -0.444 e. The van der Waals surface area contributed by atoms with Crippen LogP contribution >= 0.6 is 11.8 Å². The van der Waals surface area contributed by atoms with E-state index >= 15 is 0 Å². The number of thioether (sulfide) groups is 1. The van der Waals surface area contributed by atoms with Crippen molar-refractivity contribution in [1.29, 1.82) is 5.26 Å². The number of carbonyl (C=O) groups is 3. The molecule has 2 amide bonds. The predicted molar refractivity (Wildman–Crippen MR) is 137 cm³/mol. The molecule has 1 fully saturated rings. The van der Waals surface area contributed by atoms with E-state index in [2.05, 4.69) is 15.6 Å². The lowest BCUT2D eigenvalue weighted by atomic mass is 10.1. The Balaban J connectivity index is 1.96. The molecule has 9 nitrogen and oxygen atoms in total. The second-order valence-corrected chi connectivity index (χ2v) is 10.6. The predicted octanol–water partition coefficient (Wildman–Crippen LogP) is 5.08. The maximum atomic E-state index is 14.1. The lowest BCUT2D eigenvalue weighted by Crippen LogP contribution is -2.34. The van der Waals surface area contributed by atoms with Gasteiger partial charge in [-0.25, -0.2) is 9.78 Å². The monoisotopic (exact) mass is 549 g/mol. The number of halogens is 3. The van der Waals surface area contributed by atoms with Gasteiger partial charge in [0.25, 0.3) is 0 Å². The van der Waals surface area contributed by atoms with Crippen molar-refractivity contribution in [1.82, 2.24) is 4.98 Å². The fourth-order valence-electron chi connectivity index (χ4n) is 3.61. The Bertz CT molecular complexity index is 1270. The number of ketones is 1. The molecule has 0 unspecified atom stereocenters. The average Bonchev–Trinajstić information content (AvgIpc) is 2.83. The van der Waals surface area contributed by atoms with E-state index in [1.165, 1.54) is 18.3 Å². The van der Waals surface area contributed by atoms with Gasteiger partial charge in [-0.15, -0.1) is 0 Å². The number of alkyl halides is 3. The van der Waals surface area contributed by atoms with Crippen LogP contribution in [0, 0.1) is 11.3 Å². The van der Waals surface area contributed by atoms with Gasteiger partial charge in [-0.3, -0.25) is 14.9 Å². The number of nitriles is 1. The Labute approximate surface area is 221 Å². The quantitative estimate of drug-likeness (QED) is 0.378. The molecule has 0 bridgehead atoms. The summed E-state index contributed by atoms with van der Waals surface area (Å²) in [6, 6.07) is 6.21. The molecule has 1 aliphatic rings. The SMILES string of the molecule is CC(C)(C)OC(=O)Nc1cc(N2CCSCC2)c(C(F)(F)F)cc1NC(=O)CC(=O)c1ccnc(C#N)c1. The van der Waals surface area contributed by atoms with Crippen molar-refractivity contribution in [3.8, 4) is 6.07 Å². The first-order valence-corrected chi connectivity index (χ1v) is 12.7. The number of ether oxygens (including phenoxy) is 1. The number of nitrogens with zero attached hydrogens (tertiary/aromatic N) is 3. The van der Waals surface area contributed by atoms with Crippen molar-refractivity contribution in [3.05, 3.63) is 47.3 Å². The van der Waals surface area contributed by atoms with E-state index in [9.17, 15) is 27.6 Å². The summed E-state index contributed by atoms with van der Waals surface area (Å²) in [6.07, 6.45) is -5.16. The second kappa shape index (κ2) is 11.7. The summed E-state index contributed by atoms with van der Waals surface area (Å²) in [5, 5.41) is 13.7. The number of benzene rings is 1. The van der Waals surface area contributed by atoms with Crippen molar-refractivity contribution in [2.75, 3.05) is 40.1 Å². The number of amides is 2. The van der Waals surface area contributed by atoms with Gasteiger partial charge in [0.2, 0.25) is 5.91 Å². The van der Waals surface area contributed by atoms with Crippen molar-refractivity contribution in [2.24, 2.45) is 0 Å². The van der Waals surface area contributed by atoms with Gasteiger partial charge >= 0.3 is 12.3 Å². The molecule has 2 heterocycles. The highest BCUT2D eigenvalue weighted by Gasteiger charge is 2.37. The molecule has 0 radical (unpaired) electrons. The zero-order chi connectivity index (χ0) is 28.1. The Morgan fingerprint density at radius 1 is 1.11 bits per heavy atom. The van der Waals surface area contributed by atoms with E-state index < -0.39 is 41.5 Å². The number of hydrogen-bond acceptors (Lipinski definition) is 8. The lowest BCUT2D eigenvalue weighted by Gasteiger charge is -2.32. The summed E-state index contributed by atoms with van der Waals surface area (Å²) < 4.78 is 47.5. The van der Waals surface area contributed by atoms with Crippen molar-refractivity contribution in [3.63, 3.8) is 0 Å². The zero-order valence-corrected chi connectivity index (χ0v) is 21.8. The Morgan fingerprint density at radius 3 is 2.37 bits per heavy atom. The zero-order valence-electron chi connectivity index (χ0n) is 20.9. The summed E-state index contributed by atoms with van der Waals surface area (Å²) in [7, 11) is 0. The van der Waals surface area contributed by atoms with Gasteiger partial charge < -0.3 is 15.0 Å². The van der Waals surface area contributed by atoms with Gasteiger partial charge in [0.05, 0.1) is 29.0 Å². The van der Waals surface area contributed by atoms with Gasteiger partial charge in [0.15, 0.2) is 5.78 Å². The third kappa shape index (κ3) is 7.85. The van der Waals surface area contributed by atoms with E-state index in [1.54, 1.807) is 43.5 Å². The van der Waals surface area contributed by atoms with Crippen LogP contribution in [0.4, 0.5) is 35.0 Å². The van der Waals surface area contributed by atoms with E-state index in [1.807, 2.05) is 0 Å². The highest BCUT2D eigenvalue weighted by molar-refractivity contribution is 7.99. The molecule has 0 atom stereocenters. The smallest absolute Gasteiger partial charge is 0.418 e. The Kier molecular flexibility index (Phi) is 8.88. The number of Topliss-reactive ketones (excluding diaryl/α,β-unsaturated/α-hetero) is 1. The van der Waals surface area contributed by atoms with Crippen molar-refractivity contribution >= 4 is 46.6 Å². The van der Waals surface area contributed by atoms with Gasteiger partial charge in [-0.05, 0) is 45.0 Å². The number of hydrogen-bond donors (Lipinski definition) is 2. The Morgan fingerprint density at radius 2 is 1.76 bits per heavy atom. The van der Waals surface area contributed by atoms with E-state index in [0.29, 0.717) is 24.6 Å². The third-order valence-corrected chi connectivity index (χ3v) is 6.16. The summed E-state index contributed by atoms with van der Waals surface area (Å²) >= 11 is 1.62. The van der Waals surface area contributed by atoms with Gasteiger partial charge in [-0.2, -0.15) is 30.2 Å². The maximum Gasteiger partial charge on any atom is 0.418 e. The standard InChI is InChI=1S/C25H26F3N5O4S/c1-24(2,3)37-23(36)32-19-12-20(33-6-8-38-9-7-33)17(25(26,27)28)11-18(19)31-22(35)13-21(34)15-4-5-30-16(10-15)14-29/h4-5,10-12H,6-9,13H2,1-3H3,(H,31,35)(H,32,36). The first kappa shape index (κ1) is 28.8. The summed E-state index contributed by atoms with van der Waals surface area (Å²) in [5.74, 6) is -0.306. The number of pyridine rings is 1. The maximum absolute atomic E-state index is 14.1. The molecule has 1 aliphatic heterocycles. The molecule has 38 heavy (non-hydrogen) atoms. The van der Waals surface area contributed by atoms with Crippen LogP contribution in [0.3, 0.4) is 0 Å². The molecule has 2 N–H and O–H groups in total. The molecular weight excluding hydrogens is 523 g/mol. The molecule has 1 aromatic carbocycles. The van der Waals surface area contributed by atoms with Crippen LogP contribution in [0.1, 0.15) is 48.8 Å². The molecule has 202 valence electrons. The largest absolute Gasteiger partial charge is 0.444 e. The average molecular weight is 550 g/mol. The topological polar surface area (TPSA) is 124 Å². The first-order valence-electron chi connectivity index (χ1n) is 11.5. The summed E-state index contributed by atoms with van der Waals surface area (Å²) in [5.41, 5.74) is -2.45. The molecule has 1 aromatic heterocycles. The van der Waals surface area contributed by atoms with Crippen molar-refractivity contribution < 1.29 is 32.3 Å². The van der Waals surface area contributed by atoms with E-state index in [0.717, 1.165) is 12.1 Å². The van der Waals surface area contributed by atoms with Gasteiger partial charge in [-0.1, -0.05) is 0 Å². The fourth-order valence-corrected chi connectivity index (χ4v) is 4.51. The molecule has 1 saturated heterocycles.